The second-order valence-electron chi connectivity index (χ2n) is 5.29. The molecule has 1 N–H and O–H groups in total. The molecule has 0 aliphatic heterocycles. The van der Waals surface area contributed by atoms with Gasteiger partial charge in [0.25, 0.3) is 15.0 Å². The first-order valence-electron chi connectivity index (χ1n) is 6.79. The molecule has 1 aliphatic carbocycles. The van der Waals surface area contributed by atoms with Crippen molar-refractivity contribution in [1.29, 1.82) is 0 Å². The minimum Gasteiger partial charge on any atom is -0.385 e. The van der Waals surface area contributed by atoms with Gasteiger partial charge in [-0.1, -0.05) is 0 Å². The van der Waals surface area contributed by atoms with Gasteiger partial charge in [0.05, 0.1) is 0 Å². The summed E-state index contributed by atoms with van der Waals surface area (Å²) in [6.07, 6.45) is 4.01. The Morgan fingerprint density at radius 3 is 2.76 bits per heavy atom. The molecule has 0 radical (unpaired) electrons. The van der Waals surface area contributed by atoms with Crippen molar-refractivity contribution in [2.45, 2.75) is 43.2 Å². The molecule has 21 heavy (non-hydrogen) atoms. The van der Waals surface area contributed by atoms with Gasteiger partial charge in [-0.25, -0.2) is 8.42 Å². The largest absolute Gasteiger partial charge is 0.385 e. The molecule has 1 aromatic heterocycles. The average molecular weight is 335 g/mol. The predicted molar refractivity (Wildman–Crippen MR) is 79.2 cm³/mol. The molecule has 0 saturated heterocycles. The molecule has 0 spiro atoms. The minimum absolute atomic E-state index is 0.0363. The predicted octanol–water partition coefficient (Wildman–Crippen LogP) is 1.91. The first kappa shape index (κ1) is 16.3. The summed E-state index contributed by atoms with van der Waals surface area (Å²) in [5.74, 6) is -0.294. The fourth-order valence-corrected chi connectivity index (χ4v) is 2.83. The van der Waals surface area contributed by atoms with Crippen LogP contribution in [0.2, 0.25) is 0 Å². The summed E-state index contributed by atoms with van der Waals surface area (Å²) in [4.78, 5) is 12.3. The molecule has 1 heterocycles. The Morgan fingerprint density at radius 1 is 1.57 bits per heavy atom. The Bertz CT molecular complexity index is 622. The van der Waals surface area contributed by atoms with Gasteiger partial charge in [-0.3, -0.25) is 4.79 Å². The number of hydrogen-bond acceptors (Lipinski definition) is 4. The summed E-state index contributed by atoms with van der Waals surface area (Å²) in [6.45, 7) is 2.42. The van der Waals surface area contributed by atoms with Crippen LogP contribution in [-0.2, 0) is 13.8 Å². The number of carbonyl (C=O) groups is 1. The van der Waals surface area contributed by atoms with E-state index in [0.29, 0.717) is 18.7 Å². The van der Waals surface area contributed by atoms with E-state index in [1.165, 1.54) is 12.3 Å². The number of nitrogens with zero attached hydrogens (tertiary/aromatic N) is 1. The molecule has 8 heteroatoms. The number of ether oxygens (including phenoxy) is 1. The highest BCUT2D eigenvalue weighted by atomic mass is 35.7. The van der Waals surface area contributed by atoms with Crippen LogP contribution in [0.3, 0.4) is 0 Å². The van der Waals surface area contributed by atoms with Crippen LogP contribution in [0.5, 0.6) is 0 Å². The van der Waals surface area contributed by atoms with Gasteiger partial charge in [0, 0.05) is 42.7 Å². The number of carbonyl (C=O) groups excluding carboxylic acids is 1. The van der Waals surface area contributed by atoms with E-state index in [2.05, 4.69) is 5.32 Å². The lowest BCUT2D eigenvalue weighted by atomic mass is 10.2. The molecule has 1 aromatic rings. The van der Waals surface area contributed by atoms with Crippen molar-refractivity contribution in [3.05, 3.63) is 18.0 Å². The highest BCUT2D eigenvalue weighted by molar-refractivity contribution is 8.13. The average Bonchev–Trinajstić information content (AvgIpc) is 3.13. The summed E-state index contributed by atoms with van der Waals surface area (Å²) in [5.41, 5.74) is 0.334. The summed E-state index contributed by atoms with van der Waals surface area (Å²) in [7, 11) is 3.13. The van der Waals surface area contributed by atoms with Gasteiger partial charge in [0.15, 0.2) is 0 Å². The highest BCUT2D eigenvalue weighted by Crippen LogP contribution is 2.37. The first-order chi connectivity index (χ1) is 9.82. The topological polar surface area (TPSA) is 77.4 Å². The Morgan fingerprint density at radius 2 is 2.24 bits per heavy atom. The Labute approximate surface area is 128 Å². The van der Waals surface area contributed by atoms with Gasteiger partial charge < -0.3 is 14.6 Å². The summed E-state index contributed by atoms with van der Waals surface area (Å²) >= 11 is 0. The zero-order chi connectivity index (χ0) is 15.6. The summed E-state index contributed by atoms with van der Waals surface area (Å²) < 4.78 is 29.5. The third-order valence-corrected chi connectivity index (χ3v) is 4.73. The van der Waals surface area contributed by atoms with Crippen LogP contribution in [0.1, 0.15) is 42.7 Å². The first-order valence-corrected chi connectivity index (χ1v) is 9.10. The van der Waals surface area contributed by atoms with Crippen LogP contribution in [0.4, 0.5) is 0 Å². The van der Waals surface area contributed by atoms with Crippen LogP contribution in [0.15, 0.2) is 17.2 Å². The van der Waals surface area contributed by atoms with Gasteiger partial charge in [-0.05, 0) is 32.3 Å². The van der Waals surface area contributed by atoms with Gasteiger partial charge in [-0.15, -0.1) is 0 Å². The molecule has 1 atom stereocenters. The maximum Gasteiger partial charge on any atom is 0.268 e. The Hall–Kier alpha value is -1.05. The molecular formula is C13H19ClN2O4S. The fraction of sp³-hybridized carbons (Fsp3) is 0.615. The van der Waals surface area contributed by atoms with Crippen LogP contribution >= 0.6 is 10.7 Å². The van der Waals surface area contributed by atoms with Crippen molar-refractivity contribution in [1.82, 2.24) is 9.88 Å². The van der Waals surface area contributed by atoms with Crippen LogP contribution < -0.4 is 5.32 Å². The second-order valence-corrected chi connectivity index (χ2v) is 7.86. The van der Waals surface area contributed by atoms with E-state index in [-0.39, 0.29) is 22.9 Å². The standard InChI is InChI=1S/C13H19ClN2O4S/c1-9(5-6-20-2)15-13(17)12-7-11(21(14,18)19)8-16(12)10-3-4-10/h7-10H,3-6H2,1-2H3,(H,15,17). The van der Waals surface area contributed by atoms with Gasteiger partial charge in [0.2, 0.25) is 0 Å². The molecule has 2 rings (SSSR count). The van der Waals surface area contributed by atoms with Crippen molar-refractivity contribution in [2.75, 3.05) is 13.7 Å². The lowest BCUT2D eigenvalue weighted by Gasteiger charge is -2.14. The SMILES string of the molecule is COCCC(C)NC(=O)c1cc(S(=O)(=O)Cl)cn1C1CC1. The number of rotatable bonds is 7. The quantitative estimate of drug-likeness (QED) is 0.773. The van der Waals surface area contributed by atoms with Crippen molar-refractivity contribution >= 4 is 25.6 Å². The maximum absolute atomic E-state index is 12.3. The van der Waals surface area contributed by atoms with E-state index < -0.39 is 9.05 Å². The minimum atomic E-state index is -3.84. The lowest BCUT2D eigenvalue weighted by Crippen LogP contribution is -2.34. The highest BCUT2D eigenvalue weighted by Gasteiger charge is 2.30. The zero-order valence-corrected chi connectivity index (χ0v) is 13.6. The molecule has 6 nitrogen and oxygen atoms in total. The third kappa shape index (κ3) is 4.21. The van der Waals surface area contributed by atoms with Crippen LogP contribution in [0.25, 0.3) is 0 Å². The second kappa shape index (κ2) is 6.37. The van der Waals surface area contributed by atoms with Gasteiger partial charge in [0.1, 0.15) is 10.6 Å². The lowest BCUT2D eigenvalue weighted by molar-refractivity contribution is 0.0920. The number of halogens is 1. The van der Waals surface area contributed by atoms with E-state index in [1.807, 2.05) is 6.92 Å². The molecule has 1 amide bonds. The third-order valence-electron chi connectivity index (χ3n) is 3.41. The van der Waals surface area contributed by atoms with E-state index in [9.17, 15) is 13.2 Å². The molecular weight excluding hydrogens is 316 g/mol. The number of aromatic nitrogens is 1. The van der Waals surface area contributed by atoms with E-state index in [0.717, 1.165) is 12.8 Å². The van der Waals surface area contributed by atoms with E-state index in [1.54, 1.807) is 11.7 Å². The van der Waals surface area contributed by atoms with Crippen LogP contribution in [-0.4, -0.2) is 38.7 Å². The maximum atomic E-state index is 12.3. The van der Waals surface area contributed by atoms with Crippen molar-refractivity contribution in [2.24, 2.45) is 0 Å². The van der Waals surface area contributed by atoms with Crippen molar-refractivity contribution < 1.29 is 17.9 Å². The Kier molecular flexibility index (Phi) is 4.95. The Balaban J connectivity index is 2.18. The monoisotopic (exact) mass is 334 g/mol. The smallest absolute Gasteiger partial charge is 0.268 e. The summed E-state index contributed by atoms with van der Waals surface area (Å²) in [5, 5.41) is 2.84. The van der Waals surface area contributed by atoms with Gasteiger partial charge >= 0.3 is 0 Å². The zero-order valence-electron chi connectivity index (χ0n) is 12.0. The molecule has 1 fully saturated rings. The molecule has 1 unspecified atom stereocenters. The van der Waals surface area contributed by atoms with Gasteiger partial charge in [-0.2, -0.15) is 0 Å². The fourth-order valence-electron chi connectivity index (χ4n) is 2.09. The molecule has 118 valence electrons. The molecule has 0 aromatic carbocycles. The van der Waals surface area contributed by atoms with Crippen molar-refractivity contribution in [3.8, 4) is 0 Å². The van der Waals surface area contributed by atoms with E-state index >= 15 is 0 Å². The van der Waals surface area contributed by atoms with Crippen molar-refractivity contribution in [3.63, 3.8) is 0 Å². The summed E-state index contributed by atoms with van der Waals surface area (Å²) in [6, 6.07) is 1.46. The molecule has 1 aliphatic rings. The number of nitrogens with one attached hydrogen (secondary N) is 1. The normalized spacial score (nSPS) is 16.7. The number of methoxy groups -OCH3 is 1. The molecule has 1 saturated carbocycles. The number of amides is 1. The van der Waals surface area contributed by atoms with Crippen LogP contribution in [0, 0.1) is 0 Å². The molecule has 0 bridgehead atoms. The van der Waals surface area contributed by atoms with E-state index in [4.69, 9.17) is 15.4 Å². The number of hydrogen-bond donors (Lipinski definition) is 1.